The molecule has 17 nitrogen and oxygen atoms in total. The van der Waals surface area contributed by atoms with Crippen LogP contribution < -0.4 is 17.0 Å². The number of aromatic nitrogens is 6. The molecule has 4 saturated heterocycles. The van der Waals surface area contributed by atoms with Crippen molar-refractivity contribution < 1.29 is 38.0 Å². The maximum Gasteiger partial charge on any atom is 0.330 e. The van der Waals surface area contributed by atoms with E-state index in [1.165, 1.54) is 29.2 Å². The van der Waals surface area contributed by atoms with Crippen molar-refractivity contribution >= 4 is 31.4 Å². The third-order valence-electron chi connectivity index (χ3n) is 11.1. The molecule has 7 rings (SSSR count). The van der Waals surface area contributed by atoms with Gasteiger partial charge in [-0.15, -0.1) is 0 Å². The van der Waals surface area contributed by atoms with Crippen LogP contribution >= 0.6 is 0 Å². The number of hydrogen-bond donors (Lipinski definition) is 3. The molecule has 4 aliphatic rings. The van der Waals surface area contributed by atoms with E-state index >= 15 is 0 Å². The number of rotatable bonds is 11. The number of hydrogen-bond acceptors (Lipinski definition) is 14. The molecule has 4 N–H and O–H groups in total. The van der Waals surface area contributed by atoms with Crippen LogP contribution in [0.25, 0.3) is 17.2 Å². The number of nitrogens with zero attached hydrogens (tertiary/aromatic N) is 5. The summed E-state index contributed by atoms with van der Waals surface area (Å²) in [4.78, 5) is 40.3. The summed E-state index contributed by atoms with van der Waals surface area (Å²) in [5.74, 6) is -1.39. The Bertz CT molecular complexity index is 1990. The Morgan fingerprint density at radius 1 is 0.926 bits per heavy atom. The van der Waals surface area contributed by atoms with Crippen molar-refractivity contribution in [3.8, 4) is 0 Å². The Balaban J connectivity index is 1.22. The molecule has 0 amide bonds. The minimum Gasteiger partial charge on any atom is -0.413 e. The van der Waals surface area contributed by atoms with Crippen LogP contribution in [0.3, 0.4) is 0 Å². The number of nitrogens with one attached hydrogen (secondary N) is 1. The van der Waals surface area contributed by atoms with Gasteiger partial charge in [-0.05, 0) is 56.5 Å². The first-order valence-electron chi connectivity index (χ1n) is 18.7. The number of aliphatic hydroxyl groups is 1. The first kappa shape index (κ1) is 38.9. The van der Waals surface area contributed by atoms with Crippen LogP contribution in [0.15, 0.2) is 34.3 Å². The van der Waals surface area contributed by atoms with E-state index in [1.54, 1.807) is 24.5 Å². The second-order valence-corrected chi connectivity index (χ2v) is 21.9. The third kappa shape index (κ3) is 6.68. The van der Waals surface area contributed by atoms with Gasteiger partial charge in [0.25, 0.3) is 5.56 Å². The van der Waals surface area contributed by atoms with Crippen LogP contribution in [0, 0.1) is 0 Å². The van der Waals surface area contributed by atoms with Gasteiger partial charge in [0.05, 0.1) is 6.61 Å². The van der Waals surface area contributed by atoms with Gasteiger partial charge in [-0.25, -0.2) is 19.7 Å². The summed E-state index contributed by atoms with van der Waals surface area (Å²) in [5.41, 5.74) is 6.98. The van der Waals surface area contributed by atoms with Crippen molar-refractivity contribution in [3.05, 3.63) is 51.3 Å². The zero-order valence-electron chi connectivity index (χ0n) is 32.5. The van der Waals surface area contributed by atoms with E-state index in [0.29, 0.717) is 40.2 Å². The Morgan fingerprint density at radius 2 is 1.54 bits per heavy atom. The van der Waals surface area contributed by atoms with Gasteiger partial charge >= 0.3 is 5.69 Å². The first-order valence-corrected chi connectivity index (χ1v) is 20.8. The predicted molar refractivity (Wildman–Crippen MR) is 199 cm³/mol. The summed E-state index contributed by atoms with van der Waals surface area (Å²) in [7, 11) is -2.25. The normalized spacial score (nSPS) is 31.1. The molecule has 54 heavy (non-hydrogen) atoms. The van der Waals surface area contributed by atoms with Gasteiger partial charge in [0.15, 0.2) is 49.3 Å². The zero-order valence-corrected chi connectivity index (χ0v) is 33.5. The topological polar surface area (TPSA) is 209 Å². The highest BCUT2D eigenvalue weighted by atomic mass is 28.4. The quantitative estimate of drug-likeness (QED) is 0.239. The fourth-order valence-electron chi connectivity index (χ4n) is 9.07. The van der Waals surface area contributed by atoms with E-state index < -0.39 is 86.3 Å². The Hall–Kier alpha value is -3.33. The standard InChI is InChI=1S/C36H53N7O10Si/c1-17(2)54(18(3)4,19(5)6)47-15-21-26-28(52-35(7,8)50-26)33(48-21)43-22(40-24-30(37)38-16-39-31(24)43)12-11-20(44)25-27-29(53-36(9,10)51-27)32(49-25)42-14-13-23(45)41-34(42)46/h11-14,16-21,25-29,32-33,44H,15H2,1-10H3,(H2,37,38,39)(H,41,45,46)/b12-11-/t20-,21+,25+,26+,27+,28+,29+,32+,33+/m0/s1. The monoisotopic (exact) mass is 771 g/mol. The Kier molecular flexibility index (Phi) is 10.1. The SMILES string of the molecule is CC(C)[Si](OC[C@H]1O[C@@H](n2c(/C=C\[C@H](O)[C@H]3O[C@@H](n4ccc(=O)[nH]c4=O)[C@@H]4OC(C)(C)O[C@@H]43)nc3c(N)ncnc32)[C@@H]2OC(C)(C)O[C@@H]21)(C(C)C)C(C)C. The van der Waals surface area contributed by atoms with E-state index in [4.69, 9.17) is 43.6 Å². The molecule has 3 aromatic heterocycles. The summed E-state index contributed by atoms with van der Waals surface area (Å²) >= 11 is 0. The minimum atomic E-state index is -2.25. The Morgan fingerprint density at radius 3 is 2.17 bits per heavy atom. The summed E-state index contributed by atoms with van der Waals surface area (Å²) in [6.07, 6.45) is -1.13. The molecule has 296 valence electrons. The third-order valence-corrected chi connectivity index (χ3v) is 17.2. The van der Waals surface area contributed by atoms with Gasteiger partial charge in [-0.3, -0.25) is 18.9 Å². The lowest BCUT2D eigenvalue weighted by molar-refractivity contribution is -0.204. The fourth-order valence-corrected chi connectivity index (χ4v) is 14.5. The molecular weight excluding hydrogens is 719 g/mol. The average molecular weight is 772 g/mol. The van der Waals surface area contributed by atoms with E-state index in [-0.39, 0.29) is 5.82 Å². The molecule has 9 atom stereocenters. The van der Waals surface area contributed by atoms with Crippen molar-refractivity contribution in [1.29, 1.82) is 0 Å². The molecule has 0 aliphatic carbocycles. The fraction of sp³-hybridized carbons (Fsp3) is 0.694. The molecule has 4 fully saturated rings. The van der Waals surface area contributed by atoms with Crippen LogP contribution in [0.4, 0.5) is 5.82 Å². The number of imidazole rings is 1. The van der Waals surface area contributed by atoms with Gasteiger partial charge in [-0.1, -0.05) is 41.5 Å². The molecule has 0 radical (unpaired) electrons. The summed E-state index contributed by atoms with van der Waals surface area (Å²) in [6.45, 7) is 21.0. The highest BCUT2D eigenvalue weighted by Crippen LogP contribution is 2.48. The molecule has 0 bridgehead atoms. The lowest BCUT2D eigenvalue weighted by Gasteiger charge is -2.43. The molecule has 0 saturated carbocycles. The number of anilines is 1. The number of aliphatic hydroxyl groups excluding tert-OH is 1. The Labute approximate surface area is 314 Å². The number of fused-ring (bicyclic) bond motifs is 3. The molecular formula is C36H53N7O10Si. The van der Waals surface area contributed by atoms with Crippen LogP contribution in [0.2, 0.25) is 16.6 Å². The first-order chi connectivity index (χ1) is 25.3. The maximum atomic E-state index is 12.7. The van der Waals surface area contributed by atoms with Gasteiger partial charge in [0, 0.05) is 12.3 Å². The molecule has 0 spiro atoms. The lowest BCUT2D eigenvalue weighted by atomic mass is 10.1. The van der Waals surface area contributed by atoms with Crippen molar-refractivity contribution in [2.75, 3.05) is 12.3 Å². The number of ether oxygens (including phenoxy) is 6. The molecule has 0 unspecified atom stereocenters. The average Bonchev–Trinajstić information content (AvgIpc) is 3.84. The summed E-state index contributed by atoms with van der Waals surface area (Å²) in [5, 5.41) is 11.7. The van der Waals surface area contributed by atoms with Crippen molar-refractivity contribution in [3.63, 3.8) is 0 Å². The predicted octanol–water partition coefficient (Wildman–Crippen LogP) is 3.36. The van der Waals surface area contributed by atoms with Crippen molar-refractivity contribution in [2.24, 2.45) is 0 Å². The second kappa shape index (κ2) is 14.0. The lowest BCUT2D eigenvalue weighted by Crippen LogP contribution is -2.50. The van der Waals surface area contributed by atoms with Gasteiger partial charge < -0.3 is 43.7 Å². The van der Waals surface area contributed by atoms with E-state index in [1.807, 2.05) is 13.8 Å². The molecule has 3 aromatic rings. The van der Waals surface area contributed by atoms with Crippen molar-refractivity contribution in [2.45, 2.75) is 153 Å². The molecule has 0 aromatic carbocycles. The van der Waals surface area contributed by atoms with E-state index in [9.17, 15) is 14.7 Å². The number of aromatic amines is 1. The molecule has 4 aliphatic heterocycles. The zero-order chi connectivity index (χ0) is 39.1. The van der Waals surface area contributed by atoms with Crippen LogP contribution in [-0.4, -0.2) is 103 Å². The summed E-state index contributed by atoms with van der Waals surface area (Å²) in [6, 6.07) is 1.22. The van der Waals surface area contributed by atoms with Crippen LogP contribution in [-0.2, 0) is 32.8 Å². The van der Waals surface area contributed by atoms with Gasteiger partial charge in [-0.2, -0.15) is 0 Å². The highest BCUT2D eigenvalue weighted by Gasteiger charge is 2.59. The highest BCUT2D eigenvalue weighted by molar-refractivity contribution is 6.77. The smallest absolute Gasteiger partial charge is 0.330 e. The van der Waals surface area contributed by atoms with E-state index in [2.05, 4.69) is 56.5 Å². The van der Waals surface area contributed by atoms with E-state index in [0.717, 1.165) is 0 Å². The molecule has 7 heterocycles. The second-order valence-electron chi connectivity index (χ2n) is 16.5. The summed E-state index contributed by atoms with van der Waals surface area (Å²) < 4.78 is 48.3. The van der Waals surface area contributed by atoms with Gasteiger partial charge in [0.1, 0.15) is 54.9 Å². The maximum absolute atomic E-state index is 12.7. The number of nitrogens with two attached hydrogens (primary N) is 1. The molecule has 18 heteroatoms. The largest absolute Gasteiger partial charge is 0.413 e. The minimum absolute atomic E-state index is 0.170. The van der Waals surface area contributed by atoms with Crippen LogP contribution in [0.1, 0.15) is 87.5 Å². The van der Waals surface area contributed by atoms with Crippen LogP contribution in [0.5, 0.6) is 0 Å². The van der Waals surface area contributed by atoms with Crippen molar-refractivity contribution in [1.82, 2.24) is 29.1 Å². The number of nitrogen functional groups attached to an aromatic ring is 1. The number of H-pyrrole nitrogens is 1. The van der Waals surface area contributed by atoms with Gasteiger partial charge in [0.2, 0.25) is 0 Å².